The van der Waals surface area contributed by atoms with Crippen molar-refractivity contribution in [3.63, 3.8) is 0 Å². The molecule has 0 atom stereocenters. The minimum Gasteiger partial charge on any atom is -0.361 e. The molecule has 5 nitrogen and oxygen atoms in total. The molecule has 100 valence electrons. The average molecular weight is 328 g/mol. The highest BCUT2D eigenvalue weighted by atomic mass is 79.9. The van der Waals surface area contributed by atoms with E-state index in [-0.39, 0.29) is 12.3 Å². The molecule has 0 fully saturated rings. The number of aromatic nitrogens is 2. The van der Waals surface area contributed by atoms with E-state index < -0.39 is 5.82 Å². The van der Waals surface area contributed by atoms with Gasteiger partial charge in [0, 0.05) is 18.9 Å². The molecular formula is C12H11BrFN3O2. The van der Waals surface area contributed by atoms with Crippen molar-refractivity contribution < 1.29 is 13.7 Å². The standard InChI is InChI=1S/C12H11BrFN3O2/c1-7-4-9(19-17-7)2-3-11(18)16-12-10(13)5-8(14)6-15-12/h4-6H,2-3H2,1H3,(H,15,16,18). The Bertz CT molecular complexity index is 600. The SMILES string of the molecule is Cc1cc(CCC(=O)Nc2ncc(F)cc2Br)on1. The molecule has 2 heterocycles. The van der Waals surface area contributed by atoms with Crippen LogP contribution in [0.4, 0.5) is 10.2 Å². The van der Waals surface area contributed by atoms with Crippen LogP contribution in [0, 0.1) is 12.7 Å². The van der Waals surface area contributed by atoms with Gasteiger partial charge in [0.1, 0.15) is 17.4 Å². The number of hydrogen-bond donors (Lipinski definition) is 1. The Morgan fingerprint density at radius 3 is 2.95 bits per heavy atom. The molecule has 0 bridgehead atoms. The highest BCUT2D eigenvalue weighted by Gasteiger charge is 2.09. The summed E-state index contributed by atoms with van der Waals surface area (Å²) in [7, 11) is 0. The van der Waals surface area contributed by atoms with E-state index in [4.69, 9.17) is 4.52 Å². The number of nitrogens with one attached hydrogen (secondary N) is 1. The van der Waals surface area contributed by atoms with E-state index in [0.29, 0.717) is 22.5 Å². The van der Waals surface area contributed by atoms with E-state index in [1.807, 2.05) is 6.92 Å². The predicted octanol–water partition coefficient (Wildman–Crippen LogP) is 2.85. The minimum absolute atomic E-state index is 0.228. The summed E-state index contributed by atoms with van der Waals surface area (Å²) in [5.41, 5.74) is 0.776. The molecule has 0 aliphatic carbocycles. The summed E-state index contributed by atoms with van der Waals surface area (Å²) in [6.07, 6.45) is 1.73. The first kappa shape index (κ1) is 13.7. The molecule has 2 aromatic rings. The lowest BCUT2D eigenvalue weighted by Gasteiger charge is -2.05. The molecule has 0 unspecified atom stereocenters. The molecule has 2 rings (SSSR count). The molecule has 0 aliphatic heterocycles. The molecule has 0 spiro atoms. The Labute approximate surface area is 117 Å². The number of halogens is 2. The lowest BCUT2D eigenvalue weighted by atomic mass is 10.2. The van der Waals surface area contributed by atoms with Crippen LogP contribution in [0.15, 0.2) is 27.3 Å². The molecule has 2 aromatic heterocycles. The summed E-state index contributed by atoms with van der Waals surface area (Å²) >= 11 is 3.13. The first-order chi connectivity index (χ1) is 9.04. The van der Waals surface area contributed by atoms with E-state index in [0.717, 1.165) is 11.9 Å². The maximum atomic E-state index is 12.8. The molecule has 1 amide bonds. The third-order valence-corrected chi connectivity index (χ3v) is 2.95. The van der Waals surface area contributed by atoms with Crippen molar-refractivity contribution in [2.75, 3.05) is 5.32 Å². The zero-order valence-electron chi connectivity index (χ0n) is 10.1. The van der Waals surface area contributed by atoms with Gasteiger partial charge in [-0.25, -0.2) is 9.37 Å². The molecule has 0 aliphatic rings. The number of hydrogen-bond acceptors (Lipinski definition) is 4. The van der Waals surface area contributed by atoms with Crippen LogP contribution in [0.3, 0.4) is 0 Å². The number of pyridine rings is 1. The summed E-state index contributed by atoms with van der Waals surface area (Å²) in [6, 6.07) is 3.02. The maximum absolute atomic E-state index is 12.8. The molecule has 19 heavy (non-hydrogen) atoms. The third-order valence-electron chi connectivity index (χ3n) is 2.34. The third kappa shape index (κ3) is 3.85. The fourth-order valence-electron chi connectivity index (χ4n) is 1.47. The largest absolute Gasteiger partial charge is 0.361 e. The Hall–Kier alpha value is -1.76. The van der Waals surface area contributed by atoms with Crippen molar-refractivity contribution >= 4 is 27.7 Å². The zero-order valence-corrected chi connectivity index (χ0v) is 11.7. The van der Waals surface area contributed by atoms with Crippen LogP contribution in [-0.2, 0) is 11.2 Å². The summed E-state index contributed by atoms with van der Waals surface area (Å²) in [4.78, 5) is 15.5. The number of amides is 1. The Balaban J connectivity index is 1.90. The second-order valence-electron chi connectivity index (χ2n) is 3.97. The predicted molar refractivity (Wildman–Crippen MR) is 70.1 cm³/mol. The van der Waals surface area contributed by atoms with Crippen molar-refractivity contribution in [1.82, 2.24) is 10.1 Å². The summed E-state index contributed by atoms with van der Waals surface area (Å²) < 4.78 is 18.2. The Morgan fingerprint density at radius 2 is 2.32 bits per heavy atom. The number of carbonyl (C=O) groups excluding carboxylic acids is 1. The van der Waals surface area contributed by atoms with E-state index >= 15 is 0 Å². The van der Waals surface area contributed by atoms with E-state index in [1.165, 1.54) is 6.07 Å². The van der Waals surface area contributed by atoms with E-state index in [9.17, 15) is 9.18 Å². The lowest BCUT2D eigenvalue weighted by Crippen LogP contribution is -2.13. The smallest absolute Gasteiger partial charge is 0.226 e. The molecule has 7 heteroatoms. The zero-order chi connectivity index (χ0) is 13.8. The summed E-state index contributed by atoms with van der Waals surface area (Å²) in [6.45, 7) is 1.81. The van der Waals surface area contributed by atoms with Gasteiger partial charge < -0.3 is 9.84 Å². The first-order valence-electron chi connectivity index (χ1n) is 5.57. The van der Waals surface area contributed by atoms with Gasteiger partial charge in [-0.1, -0.05) is 5.16 Å². The van der Waals surface area contributed by atoms with Crippen molar-refractivity contribution in [2.45, 2.75) is 19.8 Å². The first-order valence-corrected chi connectivity index (χ1v) is 6.37. The van der Waals surface area contributed by atoms with Crippen molar-refractivity contribution in [1.29, 1.82) is 0 Å². The van der Waals surface area contributed by atoms with Gasteiger partial charge in [-0.2, -0.15) is 0 Å². The van der Waals surface area contributed by atoms with E-state index in [2.05, 4.69) is 31.4 Å². The van der Waals surface area contributed by atoms with Gasteiger partial charge in [-0.05, 0) is 28.9 Å². The van der Waals surface area contributed by atoms with Crippen LogP contribution in [-0.4, -0.2) is 16.0 Å². The maximum Gasteiger partial charge on any atom is 0.226 e. The molecule has 0 radical (unpaired) electrons. The van der Waals surface area contributed by atoms with Gasteiger partial charge in [0.25, 0.3) is 0 Å². The summed E-state index contributed by atoms with van der Waals surface area (Å²) in [5.74, 6) is 0.245. The van der Waals surface area contributed by atoms with Crippen LogP contribution < -0.4 is 5.32 Å². The molecule has 0 aromatic carbocycles. The van der Waals surface area contributed by atoms with Crippen LogP contribution in [0.2, 0.25) is 0 Å². The number of aryl methyl sites for hydroxylation is 2. The number of rotatable bonds is 4. The highest BCUT2D eigenvalue weighted by molar-refractivity contribution is 9.10. The van der Waals surface area contributed by atoms with Crippen LogP contribution in [0.1, 0.15) is 17.9 Å². The van der Waals surface area contributed by atoms with E-state index in [1.54, 1.807) is 6.07 Å². The highest BCUT2D eigenvalue weighted by Crippen LogP contribution is 2.20. The van der Waals surface area contributed by atoms with Crippen LogP contribution in [0.5, 0.6) is 0 Å². The normalized spacial score (nSPS) is 10.5. The van der Waals surface area contributed by atoms with Gasteiger partial charge >= 0.3 is 0 Å². The van der Waals surface area contributed by atoms with Crippen molar-refractivity contribution in [2.24, 2.45) is 0 Å². The topological polar surface area (TPSA) is 68.0 Å². The van der Waals surface area contributed by atoms with Gasteiger partial charge in [-0.3, -0.25) is 4.79 Å². The average Bonchev–Trinajstić information content (AvgIpc) is 2.76. The minimum atomic E-state index is -0.470. The fourth-order valence-corrected chi connectivity index (χ4v) is 1.89. The van der Waals surface area contributed by atoms with Crippen LogP contribution >= 0.6 is 15.9 Å². The quantitative estimate of drug-likeness (QED) is 0.937. The fraction of sp³-hybridized carbons (Fsp3) is 0.250. The summed E-state index contributed by atoms with van der Waals surface area (Å²) in [5, 5.41) is 6.32. The van der Waals surface area contributed by atoms with Crippen LogP contribution in [0.25, 0.3) is 0 Å². The van der Waals surface area contributed by atoms with Crippen molar-refractivity contribution in [3.8, 4) is 0 Å². The molecular weight excluding hydrogens is 317 g/mol. The van der Waals surface area contributed by atoms with Gasteiger partial charge in [0.05, 0.1) is 16.4 Å². The second kappa shape index (κ2) is 5.92. The monoisotopic (exact) mass is 327 g/mol. The second-order valence-corrected chi connectivity index (χ2v) is 4.82. The molecule has 1 N–H and O–H groups in total. The lowest BCUT2D eigenvalue weighted by molar-refractivity contribution is -0.116. The van der Waals surface area contributed by atoms with Gasteiger partial charge in [-0.15, -0.1) is 0 Å². The van der Waals surface area contributed by atoms with Gasteiger partial charge in [0.2, 0.25) is 5.91 Å². The Morgan fingerprint density at radius 1 is 1.53 bits per heavy atom. The number of anilines is 1. The van der Waals surface area contributed by atoms with Crippen molar-refractivity contribution in [3.05, 3.63) is 40.1 Å². The number of nitrogens with zero attached hydrogens (tertiary/aromatic N) is 2. The Kier molecular flexibility index (Phi) is 4.26. The molecule has 0 saturated carbocycles. The van der Waals surface area contributed by atoms with Gasteiger partial charge in [0.15, 0.2) is 0 Å². The molecule has 0 saturated heterocycles. The number of carbonyl (C=O) groups is 1.